The van der Waals surface area contributed by atoms with E-state index in [2.05, 4.69) is 0 Å². The molecule has 0 radical (unpaired) electrons. The second-order valence-electron chi connectivity index (χ2n) is 5.39. The number of rotatable bonds is 3. The fraction of sp³-hybridized carbons (Fsp3) is 0.500. The minimum atomic E-state index is -3.70. The highest BCUT2D eigenvalue weighted by Gasteiger charge is 2.32. The predicted octanol–water partition coefficient (Wildman–Crippen LogP) is 1.93. The van der Waals surface area contributed by atoms with Crippen molar-refractivity contribution < 1.29 is 22.7 Å². The first-order valence-electron chi connectivity index (χ1n) is 6.73. The Morgan fingerprint density at radius 1 is 1.24 bits per heavy atom. The van der Waals surface area contributed by atoms with Crippen molar-refractivity contribution in [3.8, 4) is 0 Å². The number of benzene rings is 1. The summed E-state index contributed by atoms with van der Waals surface area (Å²) in [6.45, 7) is 3.40. The summed E-state index contributed by atoms with van der Waals surface area (Å²) < 4.78 is 40.0. The van der Waals surface area contributed by atoms with Crippen molar-refractivity contribution in [2.45, 2.75) is 31.6 Å². The van der Waals surface area contributed by atoms with Gasteiger partial charge in [-0.1, -0.05) is 0 Å². The van der Waals surface area contributed by atoms with Gasteiger partial charge in [0, 0.05) is 13.1 Å². The maximum Gasteiger partial charge on any atom is 0.306 e. The number of halogens is 1. The molecule has 0 saturated carbocycles. The molecule has 0 amide bonds. The van der Waals surface area contributed by atoms with Gasteiger partial charge in [-0.15, -0.1) is 0 Å². The zero-order valence-corrected chi connectivity index (χ0v) is 12.8. The molecule has 1 aliphatic heterocycles. The molecule has 1 aromatic carbocycles. The van der Waals surface area contributed by atoms with Crippen LogP contribution in [0.25, 0.3) is 0 Å². The fourth-order valence-electron chi connectivity index (χ4n) is 2.55. The number of hydrogen-bond donors (Lipinski definition) is 1. The fourth-order valence-corrected chi connectivity index (χ4v) is 4.19. The number of carboxylic acids is 1. The Hall–Kier alpha value is -1.47. The number of hydrogen-bond acceptors (Lipinski definition) is 3. The van der Waals surface area contributed by atoms with Gasteiger partial charge in [0.2, 0.25) is 10.0 Å². The summed E-state index contributed by atoms with van der Waals surface area (Å²) in [4.78, 5) is 11.0. The van der Waals surface area contributed by atoms with E-state index in [9.17, 15) is 17.6 Å². The molecule has 0 spiro atoms. The minimum Gasteiger partial charge on any atom is -0.481 e. The van der Waals surface area contributed by atoms with Gasteiger partial charge < -0.3 is 5.11 Å². The second kappa shape index (κ2) is 5.73. The summed E-state index contributed by atoms with van der Waals surface area (Å²) in [5.74, 6) is -1.79. The smallest absolute Gasteiger partial charge is 0.306 e. The Morgan fingerprint density at radius 2 is 1.71 bits per heavy atom. The van der Waals surface area contributed by atoms with E-state index in [1.54, 1.807) is 0 Å². The summed E-state index contributed by atoms with van der Waals surface area (Å²) >= 11 is 0. The quantitative estimate of drug-likeness (QED) is 0.925. The summed E-state index contributed by atoms with van der Waals surface area (Å²) in [7, 11) is -3.70. The van der Waals surface area contributed by atoms with Gasteiger partial charge in [0.15, 0.2) is 0 Å². The second-order valence-corrected chi connectivity index (χ2v) is 7.33. The number of sulfonamides is 1. The summed E-state index contributed by atoms with van der Waals surface area (Å²) in [5, 5.41) is 8.94. The Labute approximate surface area is 123 Å². The average Bonchev–Trinajstić information content (AvgIpc) is 2.44. The first-order valence-corrected chi connectivity index (χ1v) is 8.17. The van der Waals surface area contributed by atoms with Crippen molar-refractivity contribution in [3.63, 3.8) is 0 Å². The van der Waals surface area contributed by atoms with Gasteiger partial charge in [0.05, 0.1) is 10.8 Å². The van der Waals surface area contributed by atoms with Crippen LogP contribution in [0.15, 0.2) is 17.0 Å². The molecule has 5 nitrogen and oxygen atoms in total. The Kier molecular flexibility index (Phi) is 4.34. The van der Waals surface area contributed by atoms with Gasteiger partial charge in [0.25, 0.3) is 0 Å². The van der Waals surface area contributed by atoms with Crippen LogP contribution in [-0.2, 0) is 14.8 Å². The molecule has 0 aromatic heterocycles. The molecule has 0 bridgehead atoms. The topological polar surface area (TPSA) is 74.7 Å². The van der Waals surface area contributed by atoms with E-state index in [1.807, 2.05) is 0 Å². The molecule has 1 heterocycles. The molecule has 116 valence electrons. The standard InChI is InChI=1S/C14H18FNO4S/c1-9-7-12(8-10(2)13(9)15)21(19,20)16-5-3-11(4-6-16)14(17)18/h7-8,11H,3-6H2,1-2H3,(H,17,18). The van der Waals surface area contributed by atoms with Gasteiger partial charge in [-0.05, 0) is 49.9 Å². The lowest BCUT2D eigenvalue weighted by atomic mass is 9.99. The highest BCUT2D eigenvalue weighted by Crippen LogP contribution is 2.26. The number of carbonyl (C=O) groups is 1. The molecule has 1 N–H and O–H groups in total. The van der Waals surface area contributed by atoms with Crippen LogP contribution in [-0.4, -0.2) is 36.9 Å². The van der Waals surface area contributed by atoms with Crippen LogP contribution in [0.4, 0.5) is 4.39 Å². The monoisotopic (exact) mass is 315 g/mol. The SMILES string of the molecule is Cc1cc(S(=O)(=O)N2CCC(C(=O)O)CC2)cc(C)c1F. The van der Waals surface area contributed by atoms with Crippen molar-refractivity contribution in [1.82, 2.24) is 4.31 Å². The lowest BCUT2D eigenvalue weighted by Crippen LogP contribution is -2.40. The summed E-state index contributed by atoms with van der Waals surface area (Å²) in [6.07, 6.45) is 0.599. The molecule has 1 aromatic rings. The molecule has 1 aliphatic rings. The number of nitrogens with zero attached hydrogens (tertiary/aromatic N) is 1. The number of piperidine rings is 1. The average molecular weight is 315 g/mol. The van der Waals surface area contributed by atoms with Crippen molar-refractivity contribution in [2.24, 2.45) is 5.92 Å². The molecule has 0 aliphatic carbocycles. The van der Waals surface area contributed by atoms with E-state index in [-0.39, 0.29) is 29.1 Å². The third-order valence-corrected chi connectivity index (χ3v) is 5.73. The van der Waals surface area contributed by atoms with E-state index < -0.39 is 27.7 Å². The van der Waals surface area contributed by atoms with E-state index >= 15 is 0 Å². The first kappa shape index (κ1) is 15.9. The largest absolute Gasteiger partial charge is 0.481 e. The van der Waals surface area contributed by atoms with E-state index in [4.69, 9.17) is 5.11 Å². The van der Waals surface area contributed by atoms with E-state index in [0.29, 0.717) is 12.8 Å². The zero-order valence-electron chi connectivity index (χ0n) is 12.0. The van der Waals surface area contributed by atoms with Crippen molar-refractivity contribution in [2.75, 3.05) is 13.1 Å². The molecule has 1 fully saturated rings. The highest BCUT2D eigenvalue weighted by atomic mass is 32.2. The van der Waals surface area contributed by atoms with Crippen LogP contribution < -0.4 is 0 Å². The lowest BCUT2D eigenvalue weighted by Gasteiger charge is -2.29. The van der Waals surface area contributed by atoms with Crippen LogP contribution >= 0.6 is 0 Å². The molecular formula is C14H18FNO4S. The lowest BCUT2D eigenvalue weighted by molar-refractivity contribution is -0.142. The molecule has 0 unspecified atom stereocenters. The molecule has 21 heavy (non-hydrogen) atoms. The van der Waals surface area contributed by atoms with Crippen LogP contribution in [0.2, 0.25) is 0 Å². The van der Waals surface area contributed by atoms with Crippen molar-refractivity contribution in [3.05, 3.63) is 29.1 Å². The Morgan fingerprint density at radius 3 is 2.14 bits per heavy atom. The van der Waals surface area contributed by atoms with E-state index in [0.717, 1.165) is 0 Å². The zero-order chi connectivity index (χ0) is 15.8. The van der Waals surface area contributed by atoms with Crippen LogP contribution in [0.3, 0.4) is 0 Å². The third kappa shape index (κ3) is 3.08. The minimum absolute atomic E-state index is 0.0627. The molecule has 1 saturated heterocycles. The maximum absolute atomic E-state index is 13.6. The maximum atomic E-state index is 13.6. The summed E-state index contributed by atoms with van der Waals surface area (Å²) in [6, 6.07) is 2.64. The van der Waals surface area contributed by atoms with Crippen molar-refractivity contribution >= 4 is 16.0 Å². The van der Waals surface area contributed by atoms with Crippen LogP contribution in [0, 0.1) is 25.6 Å². The first-order chi connectivity index (χ1) is 9.73. The molecule has 0 atom stereocenters. The number of aryl methyl sites for hydroxylation is 2. The van der Waals surface area contributed by atoms with Gasteiger partial charge in [-0.3, -0.25) is 4.79 Å². The van der Waals surface area contributed by atoms with Crippen LogP contribution in [0.1, 0.15) is 24.0 Å². The van der Waals surface area contributed by atoms with Crippen molar-refractivity contribution in [1.29, 1.82) is 0 Å². The third-order valence-electron chi connectivity index (χ3n) is 3.85. The Bertz CT molecular complexity index is 641. The number of carboxylic acid groups (broad SMARTS) is 1. The normalized spacial score (nSPS) is 17.9. The van der Waals surface area contributed by atoms with Gasteiger partial charge in [-0.25, -0.2) is 12.8 Å². The molecule has 2 rings (SSSR count). The van der Waals surface area contributed by atoms with Gasteiger partial charge in [-0.2, -0.15) is 4.31 Å². The van der Waals surface area contributed by atoms with Gasteiger partial charge in [0.1, 0.15) is 5.82 Å². The molecular weight excluding hydrogens is 297 g/mol. The Balaban J connectivity index is 2.26. The number of aliphatic carboxylic acids is 1. The van der Waals surface area contributed by atoms with Crippen LogP contribution in [0.5, 0.6) is 0 Å². The van der Waals surface area contributed by atoms with E-state index in [1.165, 1.54) is 30.3 Å². The predicted molar refractivity (Wildman–Crippen MR) is 75.0 cm³/mol. The molecule has 7 heteroatoms. The summed E-state index contributed by atoms with van der Waals surface area (Å²) in [5.41, 5.74) is 0.572. The van der Waals surface area contributed by atoms with Gasteiger partial charge >= 0.3 is 5.97 Å². The highest BCUT2D eigenvalue weighted by molar-refractivity contribution is 7.89.